The predicted molar refractivity (Wildman–Crippen MR) is 67.4 cm³/mol. The Balaban J connectivity index is 2.76. The van der Waals surface area contributed by atoms with E-state index in [0.717, 1.165) is 0 Å². The van der Waals surface area contributed by atoms with Crippen molar-refractivity contribution in [3.05, 3.63) is 18.5 Å². The minimum Gasteiger partial charge on any atom is -0.368 e. The molecule has 96 valence electrons. The molecule has 0 saturated carbocycles. The van der Waals surface area contributed by atoms with Crippen LogP contribution in [0.1, 0.15) is 40.2 Å². The molecule has 1 aromatic rings. The van der Waals surface area contributed by atoms with Gasteiger partial charge in [-0.3, -0.25) is 9.48 Å². The number of nitrogens with two attached hydrogens (primary N) is 1. The van der Waals surface area contributed by atoms with Crippen molar-refractivity contribution >= 4 is 5.91 Å². The largest absolute Gasteiger partial charge is 0.368 e. The molecule has 0 spiro atoms. The Labute approximate surface area is 102 Å². The number of hydrogen-bond donors (Lipinski definition) is 2. The highest BCUT2D eigenvalue weighted by molar-refractivity contribution is 5.84. The van der Waals surface area contributed by atoms with Gasteiger partial charge in [-0.1, -0.05) is 0 Å². The second-order valence-corrected chi connectivity index (χ2v) is 5.03. The summed E-state index contributed by atoms with van der Waals surface area (Å²) < 4.78 is 1.84. The van der Waals surface area contributed by atoms with Crippen molar-refractivity contribution in [2.45, 2.75) is 51.7 Å². The van der Waals surface area contributed by atoms with Gasteiger partial charge in [0.2, 0.25) is 5.91 Å². The van der Waals surface area contributed by atoms with Crippen molar-refractivity contribution in [2.75, 3.05) is 0 Å². The molecule has 3 N–H and O–H groups in total. The second kappa shape index (κ2) is 5.31. The predicted octanol–water partition coefficient (Wildman–Crippen LogP) is 1.08. The first-order chi connectivity index (χ1) is 7.85. The summed E-state index contributed by atoms with van der Waals surface area (Å²) in [7, 11) is 0. The zero-order valence-corrected chi connectivity index (χ0v) is 11.0. The SMILES string of the molecule is CC(C)NC(C)(CC(C)n1cccn1)C(N)=O. The number of rotatable bonds is 6. The zero-order valence-electron chi connectivity index (χ0n) is 11.0. The highest BCUT2D eigenvalue weighted by Gasteiger charge is 2.33. The molecular formula is C12H22N4O. The van der Waals surface area contributed by atoms with Crippen molar-refractivity contribution in [3.8, 4) is 0 Å². The third-order valence-corrected chi connectivity index (χ3v) is 2.83. The standard InChI is InChI=1S/C12H22N4O/c1-9(2)15-12(4,11(13)17)8-10(3)16-7-5-6-14-16/h5-7,9-10,15H,8H2,1-4H3,(H2,13,17). The van der Waals surface area contributed by atoms with E-state index < -0.39 is 5.54 Å². The van der Waals surface area contributed by atoms with Crippen LogP contribution in [-0.4, -0.2) is 27.3 Å². The third-order valence-electron chi connectivity index (χ3n) is 2.83. The number of nitrogens with one attached hydrogen (secondary N) is 1. The Bertz CT molecular complexity index is 361. The summed E-state index contributed by atoms with van der Waals surface area (Å²) in [5.74, 6) is -0.329. The van der Waals surface area contributed by atoms with E-state index in [9.17, 15) is 4.79 Å². The lowest BCUT2D eigenvalue weighted by molar-refractivity contribution is -0.124. The number of amides is 1. The molecule has 0 aliphatic rings. The number of primary amides is 1. The lowest BCUT2D eigenvalue weighted by Gasteiger charge is -2.32. The van der Waals surface area contributed by atoms with Gasteiger partial charge in [0.25, 0.3) is 0 Å². The topological polar surface area (TPSA) is 72.9 Å². The van der Waals surface area contributed by atoms with Crippen LogP contribution in [0.15, 0.2) is 18.5 Å². The van der Waals surface area contributed by atoms with Crippen LogP contribution in [0.3, 0.4) is 0 Å². The highest BCUT2D eigenvalue weighted by atomic mass is 16.1. The van der Waals surface area contributed by atoms with E-state index in [-0.39, 0.29) is 18.0 Å². The van der Waals surface area contributed by atoms with Crippen LogP contribution >= 0.6 is 0 Å². The fraction of sp³-hybridized carbons (Fsp3) is 0.667. The summed E-state index contributed by atoms with van der Waals surface area (Å²) in [6.07, 6.45) is 4.23. The molecule has 1 aromatic heterocycles. The number of aromatic nitrogens is 2. The van der Waals surface area contributed by atoms with E-state index in [2.05, 4.69) is 10.4 Å². The molecule has 1 heterocycles. The monoisotopic (exact) mass is 238 g/mol. The van der Waals surface area contributed by atoms with Gasteiger partial charge in [-0.2, -0.15) is 5.10 Å². The maximum Gasteiger partial charge on any atom is 0.237 e. The van der Waals surface area contributed by atoms with Gasteiger partial charge in [-0.05, 0) is 40.2 Å². The summed E-state index contributed by atoms with van der Waals surface area (Å²) in [5.41, 5.74) is 4.78. The fourth-order valence-electron chi connectivity index (χ4n) is 2.09. The van der Waals surface area contributed by atoms with Gasteiger partial charge in [-0.15, -0.1) is 0 Å². The van der Waals surface area contributed by atoms with Crippen molar-refractivity contribution in [3.63, 3.8) is 0 Å². The number of carbonyl (C=O) groups is 1. The van der Waals surface area contributed by atoms with Crippen molar-refractivity contribution < 1.29 is 4.79 Å². The van der Waals surface area contributed by atoms with Crippen molar-refractivity contribution in [1.82, 2.24) is 15.1 Å². The first-order valence-electron chi connectivity index (χ1n) is 5.92. The Morgan fingerprint density at radius 2 is 2.18 bits per heavy atom. The van der Waals surface area contributed by atoms with E-state index in [1.807, 2.05) is 44.6 Å². The normalized spacial score (nSPS) is 16.8. The van der Waals surface area contributed by atoms with E-state index in [0.29, 0.717) is 6.42 Å². The van der Waals surface area contributed by atoms with E-state index >= 15 is 0 Å². The quantitative estimate of drug-likeness (QED) is 0.778. The summed E-state index contributed by atoms with van der Waals surface area (Å²) in [5, 5.41) is 7.41. The molecule has 0 aromatic carbocycles. The minimum atomic E-state index is -0.709. The molecule has 2 unspecified atom stereocenters. The number of carbonyl (C=O) groups excluding carboxylic acids is 1. The molecule has 0 aliphatic heterocycles. The maximum atomic E-state index is 11.6. The maximum absolute atomic E-state index is 11.6. The molecule has 0 saturated heterocycles. The second-order valence-electron chi connectivity index (χ2n) is 5.03. The Kier molecular flexibility index (Phi) is 4.28. The lowest BCUT2D eigenvalue weighted by atomic mass is 9.92. The van der Waals surface area contributed by atoms with Gasteiger partial charge in [-0.25, -0.2) is 0 Å². The number of hydrogen-bond acceptors (Lipinski definition) is 3. The van der Waals surface area contributed by atoms with Crippen molar-refractivity contribution in [2.24, 2.45) is 5.73 Å². The molecule has 0 aliphatic carbocycles. The lowest BCUT2D eigenvalue weighted by Crippen LogP contribution is -2.56. The molecule has 5 heteroatoms. The van der Waals surface area contributed by atoms with Crippen LogP contribution < -0.4 is 11.1 Å². The Morgan fingerprint density at radius 3 is 2.59 bits per heavy atom. The van der Waals surface area contributed by atoms with Gasteiger partial charge in [0, 0.05) is 18.4 Å². The van der Waals surface area contributed by atoms with Crippen LogP contribution in [-0.2, 0) is 4.79 Å². The molecular weight excluding hydrogens is 216 g/mol. The van der Waals surface area contributed by atoms with E-state index in [1.165, 1.54) is 0 Å². The molecule has 0 fully saturated rings. The third kappa shape index (κ3) is 3.56. The summed E-state index contributed by atoms with van der Waals surface area (Å²) in [6.45, 7) is 7.87. The van der Waals surface area contributed by atoms with Gasteiger partial charge in [0.1, 0.15) is 0 Å². The van der Waals surface area contributed by atoms with Crippen LogP contribution in [0.5, 0.6) is 0 Å². The molecule has 2 atom stereocenters. The van der Waals surface area contributed by atoms with Gasteiger partial charge < -0.3 is 11.1 Å². The van der Waals surface area contributed by atoms with Crippen molar-refractivity contribution in [1.29, 1.82) is 0 Å². The first kappa shape index (κ1) is 13.7. The van der Waals surface area contributed by atoms with Gasteiger partial charge >= 0.3 is 0 Å². The smallest absolute Gasteiger partial charge is 0.237 e. The molecule has 0 bridgehead atoms. The molecule has 0 radical (unpaired) electrons. The fourth-order valence-corrected chi connectivity index (χ4v) is 2.09. The minimum absolute atomic E-state index is 0.119. The average Bonchev–Trinajstić information content (AvgIpc) is 2.68. The van der Waals surface area contributed by atoms with Gasteiger partial charge in [0.05, 0.1) is 11.6 Å². The molecule has 1 rings (SSSR count). The Hall–Kier alpha value is -1.36. The Morgan fingerprint density at radius 1 is 1.53 bits per heavy atom. The van der Waals surface area contributed by atoms with Crippen LogP contribution in [0.2, 0.25) is 0 Å². The zero-order chi connectivity index (χ0) is 13.1. The summed E-state index contributed by atoms with van der Waals surface area (Å²) >= 11 is 0. The molecule has 17 heavy (non-hydrogen) atoms. The highest BCUT2D eigenvalue weighted by Crippen LogP contribution is 2.20. The molecule has 1 amide bonds. The van der Waals surface area contributed by atoms with Crippen LogP contribution in [0.25, 0.3) is 0 Å². The molecule has 5 nitrogen and oxygen atoms in total. The summed E-state index contributed by atoms with van der Waals surface area (Å²) in [4.78, 5) is 11.6. The van der Waals surface area contributed by atoms with Gasteiger partial charge in [0.15, 0.2) is 0 Å². The van der Waals surface area contributed by atoms with Crippen LogP contribution in [0, 0.1) is 0 Å². The van der Waals surface area contributed by atoms with E-state index in [1.54, 1.807) is 6.20 Å². The van der Waals surface area contributed by atoms with Crippen LogP contribution in [0.4, 0.5) is 0 Å². The average molecular weight is 238 g/mol. The van der Waals surface area contributed by atoms with E-state index in [4.69, 9.17) is 5.73 Å². The summed E-state index contributed by atoms with van der Waals surface area (Å²) in [6, 6.07) is 2.19. The first-order valence-corrected chi connectivity index (χ1v) is 5.92. The number of nitrogens with zero attached hydrogens (tertiary/aromatic N) is 2.